The predicted octanol–water partition coefficient (Wildman–Crippen LogP) is 3.61. The first-order valence-corrected chi connectivity index (χ1v) is 10.4. The van der Waals surface area contributed by atoms with Gasteiger partial charge in [-0.2, -0.15) is 0 Å². The Labute approximate surface area is 167 Å². The first-order valence-electron chi connectivity index (χ1n) is 10.4. The van der Waals surface area contributed by atoms with Gasteiger partial charge >= 0.3 is 0 Å². The van der Waals surface area contributed by atoms with Gasteiger partial charge in [0.2, 0.25) is 11.8 Å². The van der Waals surface area contributed by atoms with Gasteiger partial charge in [-0.1, -0.05) is 39.3 Å². The first kappa shape index (κ1) is 20.4. The zero-order chi connectivity index (χ0) is 20.3. The number of unbranched alkanes of at least 4 members (excludes halogenated alkanes) is 1. The third-order valence-electron chi connectivity index (χ3n) is 5.58. The number of rotatable bonds is 7. The Morgan fingerprint density at radius 1 is 1.29 bits per heavy atom. The molecule has 152 valence electrons. The predicted molar refractivity (Wildman–Crippen MR) is 111 cm³/mol. The van der Waals surface area contributed by atoms with Gasteiger partial charge in [0.25, 0.3) is 0 Å². The lowest BCUT2D eigenvalue weighted by atomic mass is 10.1. The molecule has 0 radical (unpaired) electrons. The Bertz CT molecular complexity index is 842. The van der Waals surface area contributed by atoms with Crippen LogP contribution in [-0.4, -0.2) is 51.3 Å². The highest BCUT2D eigenvalue weighted by molar-refractivity contribution is 5.82. The first-order chi connectivity index (χ1) is 13.4. The van der Waals surface area contributed by atoms with E-state index in [4.69, 9.17) is 4.98 Å². The average molecular weight is 385 g/mol. The largest absolute Gasteiger partial charge is 0.344 e. The van der Waals surface area contributed by atoms with Crippen LogP contribution in [0, 0.1) is 5.92 Å². The summed E-state index contributed by atoms with van der Waals surface area (Å²) in [6.45, 7) is 7.78. The summed E-state index contributed by atoms with van der Waals surface area (Å²) < 4.78 is 2.02. The van der Waals surface area contributed by atoms with E-state index in [0.29, 0.717) is 0 Å². The van der Waals surface area contributed by atoms with E-state index in [9.17, 15) is 9.59 Å². The fourth-order valence-electron chi connectivity index (χ4n) is 3.92. The molecule has 0 unspecified atom stereocenters. The summed E-state index contributed by atoms with van der Waals surface area (Å²) in [6, 6.07) is 7.86. The molecule has 1 aromatic carbocycles. The molecule has 1 aliphatic rings. The van der Waals surface area contributed by atoms with Crippen molar-refractivity contribution in [2.45, 2.75) is 59.0 Å². The number of fused-ring (bicyclic) bond motifs is 1. The van der Waals surface area contributed by atoms with Gasteiger partial charge in [-0.15, -0.1) is 0 Å². The van der Waals surface area contributed by atoms with E-state index in [1.165, 1.54) is 0 Å². The number of para-hydroxylation sites is 2. The SMILES string of the molecule is CCCCN(C)C(=O)Cn1c([C@H]2CCCN2C(=O)C(C)C)nc2ccccc21. The summed E-state index contributed by atoms with van der Waals surface area (Å²) in [5.41, 5.74) is 1.84. The second-order valence-corrected chi connectivity index (χ2v) is 8.06. The molecule has 1 aliphatic heterocycles. The maximum atomic E-state index is 12.8. The van der Waals surface area contributed by atoms with Crippen LogP contribution in [0.2, 0.25) is 0 Å². The third-order valence-corrected chi connectivity index (χ3v) is 5.58. The molecule has 6 heteroatoms. The van der Waals surface area contributed by atoms with Crippen molar-refractivity contribution in [3.8, 4) is 0 Å². The Kier molecular flexibility index (Phi) is 6.37. The molecule has 1 aromatic heterocycles. The van der Waals surface area contributed by atoms with Crippen molar-refractivity contribution in [1.82, 2.24) is 19.4 Å². The molecule has 6 nitrogen and oxygen atoms in total. The van der Waals surface area contributed by atoms with Gasteiger partial charge in [-0.25, -0.2) is 4.98 Å². The summed E-state index contributed by atoms with van der Waals surface area (Å²) in [7, 11) is 1.86. The van der Waals surface area contributed by atoms with Crippen LogP contribution in [0.3, 0.4) is 0 Å². The highest BCUT2D eigenvalue weighted by Crippen LogP contribution is 2.34. The van der Waals surface area contributed by atoms with Crippen LogP contribution in [0.5, 0.6) is 0 Å². The molecule has 28 heavy (non-hydrogen) atoms. The zero-order valence-corrected chi connectivity index (χ0v) is 17.5. The summed E-state index contributed by atoms with van der Waals surface area (Å²) >= 11 is 0. The minimum absolute atomic E-state index is 0.0414. The number of carbonyl (C=O) groups is 2. The topological polar surface area (TPSA) is 58.4 Å². The lowest BCUT2D eigenvalue weighted by Crippen LogP contribution is -2.36. The van der Waals surface area contributed by atoms with Crippen LogP contribution in [0.1, 0.15) is 58.3 Å². The minimum Gasteiger partial charge on any atom is -0.344 e. The van der Waals surface area contributed by atoms with Gasteiger partial charge in [0.05, 0.1) is 17.1 Å². The minimum atomic E-state index is -0.0592. The fraction of sp³-hybridized carbons (Fsp3) is 0.591. The zero-order valence-electron chi connectivity index (χ0n) is 17.5. The summed E-state index contributed by atoms with van der Waals surface area (Å²) in [5, 5.41) is 0. The Balaban J connectivity index is 1.95. The van der Waals surface area contributed by atoms with E-state index in [1.807, 2.05) is 54.6 Å². The van der Waals surface area contributed by atoms with Crippen LogP contribution < -0.4 is 0 Å². The van der Waals surface area contributed by atoms with Crippen molar-refractivity contribution in [1.29, 1.82) is 0 Å². The number of amides is 2. The Morgan fingerprint density at radius 2 is 2.04 bits per heavy atom. The molecule has 0 spiro atoms. The standard InChI is InChI=1S/C22H32N4O2/c1-5-6-13-24(4)20(27)15-26-18-11-8-7-10-17(18)23-21(26)19-12-9-14-25(19)22(28)16(2)3/h7-8,10-11,16,19H,5-6,9,12-15H2,1-4H3/t19-/m1/s1. The monoisotopic (exact) mass is 384 g/mol. The van der Waals surface area contributed by atoms with E-state index >= 15 is 0 Å². The molecular weight excluding hydrogens is 352 g/mol. The molecule has 1 atom stereocenters. The molecule has 3 rings (SSSR count). The van der Waals surface area contributed by atoms with E-state index < -0.39 is 0 Å². The van der Waals surface area contributed by atoms with Crippen LogP contribution in [0.4, 0.5) is 0 Å². The number of carbonyl (C=O) groups excluding carboxylic acids is 2. The van der Waals surface area contributed by atoms with Crippen molar-refractivity contribution in [2.75, 3.05) is 20.1 Å². The molecule has 2 amide bonds. The van der Waals surface area contributed by atoms with E-state index in [0.717, 1.165) is 55.6 Å². The van der Waals surface area contributed by atoms with E-state index in [2.05, 4.69) is 6.92 Å². The molecule has 0 bridgehead atoms. The van der Waals surface area contributed by atoms with Crippen molar-refractivity contribution in [3.05, 3.63) is 30.1 Å². The lowest BCUT2D eigenvalue weighted by molar-refractivity contribution is -0.135. The fourth-order valence-corrected chi connectivity index (χ4v) is 3.92. The summed E-state index contributed by atoms with van der Waals surface area (Å²) in [4.78, 5) is 34.2. The van der Waals surface area contributed by atoms with Crippen molar-refractivity contribution in [3.63, 3.8) is 0 Å². The van der Waals surface area contributed by atoms with Gasteiger partial charge in [0.15, 0.2) is 0 Å². The number of nitrogens with zero attached hydrogens (tertiary/aromatic N) is 4. The van der Waals surface area contributed by atoms with Crippen LogP contribution in [0.25, 0.3) is 11.0 Å². The van der Waals surface area contributed by atoms with Gasteiger partial charge in [-0.05, 0) is 31.4 Å². The number of imidazole rings is 1. The number of likely N-dealkylation sites (tertiary alicyclic amines) is 1. The number of hydrogen-bond donors (Lipinski definition) is 0. The van der Waals surface area contributed by atoms with Crippen molar-refractivity contribution in [2.24, 2.45) is 5.92 Å². The maximum Gasteiger partial charge on any atom is 0.242 e. The van der Waals surface area contributed by atoms with Gasteiger partial charge in [0.1, 0.15) is 12.4 Å². The number of hydrogen-bond acceptors (Lipinski definition) is 3. The van der Waals surface area contributed by atoms with Gasteiger partial charge < -0.3 is 14.4 Å². The smallest absolute Gasteiger partial charge is 0.242 e. The number of likely N-dealkylation sites (N-methyl/N-ethyl adjacent to an activating group) is 1. The highest BCUT2D eigenvalue weighted by atomic mass is 16.2. The molecule has 0 saturated carbocycles. The van der Waals surface area contributed by atoms with Crippen molar-refractivity contribution < 1.29 is 9.59 Å². The maximum absolute atomic E-state index is 12.8. The molecule has 2 heterocycles. The quantitative estimate of drug-likeness (QED) is 0.733. The third kappa shape index (κ3) is 4.05. The second-order valence-electron chi connectivity index (χ2n) is 8.06. The second kappa shape index (κ2) is 8.76. The molecule has 1 saturated heterocycles. The van der Waals surface area contributed by atoms with Crippen molar-refractivity contribution >= 4 is 22.8 Å². The number of aromatic nitrogens is 2. The summed E-state index contributed by atoms with van der Waals surface area (Å²) in [6.07, 6.45) is 3.92. The number of benzene rings is 1. The van der Waals surface area contributed by atoms with Gasteiger partial charge in [0, 0.05) is 26.1 Å². The molecule has 0 aliphatic carbocycles. The molecule has 1 fully saturated rings. The Hall–Kier alpha value is -2.37. The molecular formula is C22H32N4O2. The average Bonchev–Trinajstić information content (AvgIpc) is 3.30. The lowest BCUT2D eigenvalue weighted by Gasteiger charge is -2.27. The van der Waals surface area contributed by atoms with Crippen LogP contribution in [0.15, 0.2) is 24.3 Å². The van der Waals surface area contributed by atoms with E-state index in [1.54, 1.807) is 4.90 Å². The van der Waals surface area contributed by atoms with Gasteiger partial charge in [-0.3, -0.25) is 9.59 Å². The van der Waals surface area contributed by atoms with Crippen LogP contribution in [-0.2, 0) is 16.1 Å². The Morgan fingerprint density at radius 3 is 2.75 bits per heavy atom. The normalized spacial score (nSPS) is 16.9. The highest BCUT2D eigenvalue weighted by Gasteiger charge is 2.35. The van der Waals surface area contributed by atoms with Crippen LogP contribution >= 0.6 is 0 Å². The summed E-state index contributed by atoms with van der Waals surface area (Å²) in [5.74, 6) is 1.04. The molecule has 0 N–H and O–H groups in total. The molecule has 2 aromatic rings. The van der Waals surface area contributed by atoms with E-state index in [-0.39, 0.29) is 30.3 Å².